The number of nitrogens with zero attached hydrogens (tertiary/aromatic N) is 4. The topological polar surface area (TPSA) is 87.5 Å². The number of hydrogen-bond donors (Lipinski definition) is 1. The molecule has 0 atom stereocenters. The molecule has 0 radical (unpaired) electrons. The highest BCUT2D eigenvalue weighted by molar-refractivity contribution is 6.30. The maximum Gasteiger partial charge on any atom is 0.270 e. The Morgan fingerprint density at radius 3 is 2.61 bits per heavy atom. The number of rotatable bonds is 10. The van der Waals surface area contributed by atoms with Crippen LogP contribution in [0.3, 0.4) is 0 Å². The van der Waals surface area contributed by atoms with Crippen molar-refractivity contribution in [2.24, 2.45) is 0 Å². The van der Waals surface area contributed by atoms with E-state index in [1.807, 2.05) is 25.1 Å². The van der Waals surface area contributed by atoms with Crippen molar-refractivity contribution >= 4 is 33.8 Å². The van der Waals surface area contributed by atoms with Gasteiger partial charge in [-0.3, -0.25) is 9.89 Å². The van der Waals surface area contributed by atoms with E-state index in [1.165, 1.54) is 5.56 Å². The lowest BCUT2D eigenvalue weighted by atomic mass is 10.1. The monoisotopic (exact) mass is 469 g/mol. The van der Waals surface area contributed by atoms with Crippen LogP contribution in [-0.4, -0.2) is 65.5 Å². The van der Waals surface area contributed by atoms with Crippen LogP contribution in [0, 0.1) is 6.92 Å². The van der Waals surface area contributed by atoms with Crippen LogP contribution in [0.2, 0.25) is 5.02 Å². The van der Waals surface area contributed by atoms with Gasteiger partial charge in [-0.25, -0.2) is 0 Å². The van der Waals surface area contributed by atoms with E-state index >= 15 is 0 Å². The number of nitrogens with one attached hydrogen (secondary N) is 1. The summed E-state index contributed by atoms with van der Waals surface area (Å²) in [5.41, 5.74) is 2.83. The zero-order chi connectivity index (χ0) is 23.4. The molecule has 8 nitrogen and oxygen atoms in total. The van der Waals surface area contributed by atoms with E-state index in [2.05, 4.69) is 51.4 Å². The zero-order valence-electron chi connectivity index (χ0n) is 19.1. The SMILES string of the molecule is Cc1c(OCCCN(C)CCN(C)Cc2ccc(Cl)cc2)ccc2c(=O)c3[nH]nnc3oc12. The first-order chi connectivity index (χ1) is 15.9. The largest absolute Gasteiger partial charge is 0.493 e. The Bertz CT molecular complexity index is 1290. The van der Waals surface area contributed by atoms with Crippen molar-refractivity contribution in [1.29, 1.82) is 0 Å². The Balaban J connectivity index is 1.24. The van der Waals surface area contributed by atoms with Crippen LogP contribution in [0.5, 0.6) is 5.75 Å². The number of aromatic nitrogens is 3. The van der Waals surface area contributed by atoms with Gasteiger partial charge in [-0.2, -0.15) is 0 Å². The van der Waals surface area contributed by atoms with Gasteiger partial charge in [-0.15, -0.1) is 0 Å². The molecule has 4 rings (SSSR count). The summed E-state index contributed by atoms with van der Waals surface area (Å²) in [7, 11) is 4.24. The lowest BCUT2D eigenvalue weighted by molar-refractivity contribution is 0.230. The lowest BCUT2D eigenvalue weighted by Crippen LogP contribution is -2.31. The van der Waals surface area contributed by atoms with Crippen LogP contribution in [0.15, 0.2) is 45.6 Å². The van der Waals surface area contributed by atoms with E-state index in [4.69, 9.17) is 20.8 Å². The summed E-state index contributed by atoms with van der Waals surface area (Å²) in [5, 5.41) is 11.3. The summed E-state index contributed by atoms with van der Waals surface area (Å²) >= 11 is 5.95. The second-order valence-corrected chi connectivity index (χ2v) is 8.79. The minimum absolute atomic E-state index is 0.173. The minimum Gasteiger partial charge on any atom is -0.493 e. The Morgan fingerprint density at radius 1 is 1.06 bits per heavy atom. The zero-order valence-corrected chi connectivity index (χ0v) is 19.9. The van der Waals surface area contributed by atoms with Crippen LogP contribution in [0.1, 0.15) is 17.5 Å². The van der Waals surface area contributed by atoms with E-state index < -0.39 is 0 Å². The Morgan fingerprint density at radius 2 is 1.82 bits per heavy atom. The molecule has 2 aromatic heterocycles. The molecule has 9 heteroatoms. The van der Waals surface area contributed by atoms with Gasteiger partial charge in [0, 0.05) is 36.8 Å². The van der Waals surface area contributed by atoms with Crippen molar-refractivity contribution in [1.82, 2.24) is 25.2 Å². The first kappa shape index (κ1) is 23.2. The fourth-order valence-corrected chi connectivity index (χ4v) is 3.89. The first-order valence-electron chi connectivity index (χ1n) is 10.9. The number of ether oxygens (including phenoxy) is 1. The molecule has 0 bridgehead atoms. The highest BCUT2D eigenvalue weighted by Gasteiger charge is 2.15. The maximum absolute atomic E-state index is 12.5. The Hall–Kier alpha value is -2.94. The van der Waals surface area contributed by atoms with Crippen molar-refractivity contribution in [2.75, 3.05) is 40.3 Å². The van der Waals surface area contributed by atoms with Gasteiger partial charge in [0.25, 0.3) is 5.71 Å². The molecule has 0 spiro atoms. The number of aromatic amines is 1. The number of hydrogen-bond acceptors (Lipinski definition) is 7. The molecular weight excluding hydrogens is 442 g/mol. The van der Waals surface area contributed by atoms with Gasteiger partial charge < -0.3 is 19.0 Å². The number of likely N-dealkylation sites (N-methyl/N-ethyl adjacent to an activating group) is 2. The number of benzene rings is 2. The fraction of sp³-hybridized carbons (Fsp3) is 0.375. The molecule has 1 N–H and O–H groups in total. The van der Waals surface area contributed by atoms with Crippen LogP contribution < -0.4 is 10.2 Å². The third-order valence-corrected chi connectivity index (χ3v) is 5.97. The number of fused-ring (bicyclic) bond motifs is 2. The van der Waals surface area contributed by atoms with Crippen molar-refractivity contribution in [2.45, 2.75) is 19.9 Å². The number of H-pyrrole nitrogens is 1. The molecule has 0 fully saturated rings. The van der Waals surface area contributed by atoms with E-state index in [9.17, 15) is 4.79 Å². The summed E-state index contributed by atoms with van der Waals surface area (Å²) in [6.45, 7) is 6.22. The Kier molecular flexibility index (Phi) is 7.27. The summed E-state index contributed by atoms with van der Waals surface area (Å²) in [5.74, 6) is 0.707. The molecule has 0 saturated heterocycles. The van der Waals surface area contributed by atoms with Gasteiger partial charge in [0.1, 0.15) is 11.3 Å². The average Bonchev–Trinajstić information content (AvgIpc) is 3.28. The smallest absolute Gasteiger partial charge is 0.270 e. The van der Waals surface area contributed by atoms with Gasteiger partial charge in [0.15, 0.2) is 5.52 Å². The standard InChI is InChI=1S/C24H28ClN5O3/c1-16-20(10-9-19-22(31)21-24(27-28-26-21)33-23(16)19)32-14-4-11-29(2)12-13-30(3)15-17-5-7-18(25)8-6-17/h5-10H,4,11-15H2,1-3H3,(H,26,27,28). The molecular formula is C24H28ClN5O3. The van der Waals surface area contributed by atoms with Gasteiger partial charge >= 0.3 is 0 Å². The van der Waals surface area contributed by atoms with Crippen LogP contribution >= 0.6 is 11.6 Å². The van der Waals surface area contributed by atoms with Gasteiger partial charge in [-0.05, 0) is 57.3 Å². The van der Waals surface area contributed by atoms with E-state index in [0.717, 1.165) is 43.2 Å². The Labute approximate surface area is 197 Å². The summed E-state index contributed by atoms with van der Waals surface area (Å²) in [6.07, 6.45) is 0.890. The molecule has 2 heterocycles. The maximum atomic E-state index is 12.5. The van der Waals surface area contributed by atoms with E-state index in [1.54, 1.807) is 6.07 Å². The quantitative estimate of drug-likeness (QED) is 0.353. The van der Waals surface area contributed by atoms with Crippen molar-refractivity contribution < 1.29 is 9.15 Å². The van der Waals surface area contributed by atoms with Crippen LogP contribution in [-0.2, 0) is 6.54 Å². The summed E-state index contributed by atoms with van der Waals surface area (Å²) in [4.78, 5) is 17.1. The molecule has 174 valence electrons. The highest BCUT2D eigenvalue weighted by atomic mass is 35.5. The lowest BCUT2D eigenvalue weighted by Gasteiger charge is -2.22. The summed E-state index contributed by atoms with van der Waals surface area (Å²) < 4.78 is 11.8. The first-order valence-corrected chi connectivity index (χ1v) is 11.3. The van der Waals surface area contributed by atoms with Crippen molar-refractivity contribution in [3.8, 4) is 5.75 Å². The number of aryl methyl sites for hydroxylation is 1. The third-order valence-electron chi connectivity index (χ3n) is 5.71. The molecule has 0 saturated carbocycles. The molecule has 2 aromatic carbocycles. The molecule has 0 aliphatic heterocycles. The minimum atomic E-state index is -0.173. The van der Waals surface area contributed by atoms with Crippen molar-refractivity contribution in [3.05, 3.63) is 62.8 Å². The highest BCUT2D eigenvalue weighted by Crippen LogP contribution is 2.27. The van der Waals surface area contributed by atoms with Gasteiger partial charge in [0.2, 0.25) is 5.43 Å². The normalized spacial score (nSPS) is 11.8. The molecule has 0 amide bonds. The predicted molar refractivity (Wildman–Crippen MR) is 130 cm³/mol. The van der Waals surface area contributed by atoms with E-state index in [-0.39, 0.29) is 16.7 Å². The van der Waals surface area contributed by atoms with Gasteiger partial charge in [0.05, 0.1) is 12.0 Å². The van der Waals surface area contributed by atoms with Crippen LogP contribution in [0.25, 0.3) is 22.2 Å². The molecule has 0 aliphatic rings. The third kappa shape index (κ3) is 5.52. The second kappa shape index (κ2) is 10.3. The van der Waals surface area contributed by atoms with Crippen LogP contribution in [0.4, 0.5) is 0 Å². The van der Waals surface area contributed by atoms with Gasteiger partial charge in [-0.1, -0.05) is 34.0 Å². The van der Waals surface area contributed by atoms with Crippen molar-refractivity contribution in [3.63, 3.8) is 0 Å². The second-order valence-electron chi connectivity index (χ2n) is 8.36. The molecule has 4 aromatic rings. The average molecular weight is 470 g/mol. The molecule has 33 heavy (non-hydrogen) atoms. The summed E-state index contributed by atoms with van der Waals surface area (Å²) in [6, 6.07) is 11.5. The number of halogens is 1. The fourth-order valence-electron chi connectivity index (χ4n) is 3.76. The predicted octanol–water partition coefficient (Wildman–Crippen LogP) is 3.86. The molecule has 0 unspecified atom stereocenters. The molecule has 0 aliphatic carbocycles. The van der Waals surface area contributed by atoms with E-state index in [0.29, 0.717) is 23.3 Å².